The minimum Gasteiger partial charge on any atom is -0.481 e. The van der Waals surface area contributed by atoms with E-state index < -0.39 is 27.7 Å². The summed E-state index contributed by atoms with van der Waals surface area (Å²) in [6, 6.07) is 11.5. The molecule has 1 saturated heterocycles. The summed E-state index contributed by atoms with van der Waals surface area (Å²) in [7, 11) is -3.39. The highest BCUT2D eigenvalue weighted by molar-refractivity contribution is 7.90. The van der Waals surface area contributed by atoms with Crippen LogP contribution in [-0.4, -0.2) is 76.8 Å². The number of aliphatic imine (C=N–C) groups is 1. The number of aliphatic carboxylic acids is 1. The van der Waals surface area contributed by atoms with Crippen LogP contribution in [0.25, 0.3) is 0 Å². The summed E-state index contributed by atoms with van der Waals surface area (Å²) < 4.78 is 27.8. The van der Waals surface area contributed by atoms with Gasteiger partial charge in [0.25, 0.3) is 11.8 Å². The molecule has 1 saturated carbocycles. The Labute approximate surface area is 280 Å². The fourth-order valence-electron chi connectivity index (χ4n) is 6.21. The molecule has 0 bridgehead atoms. The number of sulfonamides is 1. The lowest BCUT2D eigenvalue weighted by Crippen LogP contribution is -2.55. The summed E-state index contributed by atoms with van der Waals surface area (Å²) in [5, 5.41) is 11.9. The normalized spacial score (nSPS) is 19.3. The summed E-state index contributed by atoms with van der Waals surface area (Å²) in [6.45, 7) is 6.90. The number of amides is 2. The third kappa shape index (κ3) is 7.59. The van der Waals surface area contributed by atoms with Crippen LogP contribution in [0.2, 0.25) is 10.0 Å². The van der Waals surface area contributed by atoms with Gasteiger partial charge in [-0.1, -0.05) is 56.1 Å². The highest BCUT2D eigenvalue weighted by Crippen LogP contribution is 2.46. The van der Waals surface area contributed by atoms with Crippen molar-refractivity contribution >= 4 is 56.7 Å². The number of rotatable bonds is 11. The summed E-state index contributed by atoms with van der Waals surface area (Å²) in [5.74, 6) is -1.68. The van der Waals surface area contributed by atoms with Crippen molar-refractivity contribution in [3.8, 4) is 0 Å². The van der Waals surface area contributed by atoms with Crippen molar-refractivity contribution in [2.75, 3.05) is 19.6 Å². The van der Waals surface area contributed by atoms with Crippen LogP contribution < -0.4 is 5.32 Å². The monoisotopic (exact) mass is 690 g/mol. The predicted octanol–water partition coefficient (Wildman–Crippen LogP) is 5.68. The Hall–Kier alpha value is -2.99. The molecule has 1 unspecified atom stereocenters. The highest BCUT2D eigenvalue weighted by atomic mass is 35.5. The van der Waals surface area contributed by atoms with Crippen LogP contribution in [0.3, 0.4) is 0 Å². The van der Waals surface area contributed by atoms with Gasteiger partial charge in [-0.15, -0.1) is 0 Å². The van der Waals surface area contributed by atoms with E-state index in [0.29, 0.717) is 53.3 Å². The lowest BCUT2D eigenvalue weighted by atomic mass is 9.85. The largest absolute Gasteiger partial charge is 0.481 e. The quantitative estimate of drug-likeness (QED) is 0.311. The average Bonchev–Trinajstić information content (AvgIpc) is 3.80. The summed E-state index contributed by atoms with van der Waals surface area (Å²) >= 11 is 12.7. The van der Waals surface area contributed by atoms with Crippen LogP contribution in [0.5, 0.6) is 0 Å². The molecule has 46 heavy (non-hydrogen) atoms. The number of nitrogens with zero attached hydrogens (tertiary/aromatic N) is 3. The molecule has 248 valence electrons. The van der Waals surface area contributed by atoms with Gasteiger partial charge >= 0.3 is 5.97 Å². The zero-order valence-electron chi connectivity index (χ0n) is 26.3. The fraction of sp³-hybridized carbons (Fsp3) is 0.515. The molecule has 2 heterocycles. The van der Waals surface area contributed by atoms with Crippen molar-refractivity contribution < 1.29 is 27.9 Å². The van der Waals surface area contributed by atoms with E-state index >= 15 is 0 Å². The second kappa shape index (κ2) is 13.3. The lowest BCUT2D eigenvalue weighted by Gasteiger charge is -2.46. The number of hydrogen-bond acceptors (Lipinski definition) is 6. The van der Waals surface area contributed by atoms with E-state index in [-0.39, 0.29) is 54.2 Å². The highest BCUT2D eigenvalue weighted by Gasteiger charge is 2.54. The van der Waals surface area contributed by atoms with Crippen molar-refractivity contribution in [3.05, 3.63) is 69.2 Å². The van der Waals surface area contributed by atoms with Crippen molar-refractivity contribution in [1.29, 1.82) is 0 Å². The number of carbonyl (C=O) groups excluding carboxylic acids is 2. The SMILES string of the molecule is CC(C)(C)CCC(c1ccc(C(=O)NCCC(=O)O)cc1)N1C(=O)C(c2cc(Cl)cc(Cl)c2)=NC12CCN(S(=O)(=O)C1CC1)CC2. The number of piperidine rings is 1. The lowest BCUT2D eigenvalue weighted by molar-refractivity contribution is -0.137. The summed E-state index contributed by atoms with van der Waals surface area (Å²) in [5.41, 5.74) is 0.873. The maximum absolute atomic E-state index is 14.6. The Morgan fingerprint density at radius 2 is 1.67 bits per heavy atom. The van der Waals surface area contributed by atoms with Crippen molar-refractivity contribution in [2.45, 2.75) is 82.7 Å². The van der Waals surface area contributed by atoms with E-state index in [1.54, 1.807) is 34.6 Å². The number of hydrogen-bond donors (Lipinski definition) is 2. The average molecular weight is 692 g/mol. The number of benzene rings is 2. The molecule has 0 radical (unpaired) electrons. The molecular formula is C33H40Cl2N4O6S. The first-order valence-corrected chi connectivity index (χ1v) is 17.8. The van der Waals surface area contributed by atoms with Crippen molar-refractivity contribution in [1.82, 2.24) is 14.5 Å². The van der Waals surface area contributed by atoms with Gasteiger partial charge in [0, 0.05) is 53.6 Å². The van der Waals surface area contributed by atoms with E-state index in [2.05, 4.69) is 26.1 Å². The number of carboxylic acid groups (broad SMARTS) is 1. The first-order valence-electron chi connectivity index (χ1n) is 15.6. The van der Waals surface area contributed by atoms with Gasteiger partial charge in [0.1, 0.15) is 11.4 Å². The third-order valence-electron chi connectivity index (χ3n) is 8.82. The number of nitrogens with one attached hydrogen (secondary N) is 1. The molecule has 2 aliphatic heterocycles. The Morgan fingerprint density at radius 3 is 2.22 bits per heavy atom. The molecule has 2 aromatic carbocycles. The van der Waals surface area contributed by atoms with E-state index in [1.807, 2.05) is 17.0 Å². The van der Waals surface area contributed by atoms with Gasteiger partial charge in [-0.2, -0.15) is 0 Å². The zero-order valence-corrected chi connectivity index (χ0v) is 28.6. The van der Waals surface area contributed by atoms with Crippen LogP contribution in [0.15, 0.2) is 47.5 Å². The first kappa shape index (κ1) is 34.3. The van der Waals surface area contributed by atoms with Gasteiger partial charge in [-0.3, -0.25) is 19.4 Å². The maximum atomic E-state index is 14.6. The van der Waals surface area contributed by atoms with Gasteiger partial charge in [-0.25, -0.2) is 12.7 Å². The van der Waals surface area contributed by atoms with Crippen molar-refractivity contribution in [3.63, 3.8) is 0 Å². The molecule has 3 aliphatic rings. The number of halogens is 2. The molecule has 1 atom stereocenters. The second-order valence-electron chi connectivity index (χ2n) is 13.6. The topological polar surface area (TPSA) is 136 Å². The van der Waals surface area contributed by atoms with Crippen LogP contribution in [-0.2, 0) is 19.6 Å². The second-order valence-corrected chi connectivity index (χ2v) is 16.6. The van der Waals surface area contributed by atoms with E-state index in [1.165, 1.54) is 0 Å². The van der Waals surface area contributed by atoms with Crippen LogP contribution in [0.1, 0.15) is 93.2 Å². The molecular weight excluding hydrogens is 651 g/mol. The molecule has 2 amide bonds. The van der Waals surface area contributed by atoms with E-state index in [0.717, 1.165) is 12.0 Å². The van der Waals surface area contributed by atoms with Gasteiger partial charge in [-0.05, 0) is 67.0 Å². The molecule has 2 fully saturated rings. The Bertz CT molecular complexity index is 1620. The standard InChI is InChI=1S/C33H40Cl2N4O6S/c1-32(2,3)12-10-27(21-4-6-22(7-5-21)30(42)36-15-11-28(40)41)39-31(43)29(23-18-24(34)20-25(35)19-23)37-33(39)13-16-38(17-14-33)46(44,45)26-8-9-26/h4-7,18-20,26-27H,8-17H2,1-3H3,(H,36,42)(H,40,41). The van der Waals surface area contributed by atoms with Crippen LogP contribution >= 0.6 is 23.2 Å². The third-order valence-corrected chi connectivity index (χ3v) is 11.7. The van der Waals surface area contributed by atoms with Gasteiger partial charge < -0.3 is 15.3 Å². The Kier molecular flexibility index (Phi) is 9.90. The zero-order chi connectivity index (χ0) is 33.4. The first-order chi connectivity index (χ1) is 21.6. The Balaban J connectivity index is 1.52. The number of carboxylic acids is 1. The predicted molar refractivity (Wildman–Crippen MR) is 178 cm³/mol. The Morgan fingerprint density at radius 1 is 1.07 bits per heavy atom. The van der Waals surface area contributed by atoms with Gasteiger partial charge in [0.2, 0.25) is 10.0 Å². The van der Waals surface area contributed by atoms with Crippen molar-refractivity contribution in [2.24, 2.45) is 10.4 Å². The van der Waals surface area contributed by atoms with E-state index in [9.17, 15) is 22.8 Å². The van der Waals surface area contributed by atoms with Crippen LogP contribution in [0.4, 0.5) is 0 Å². The van der Waals surface area contributed by atoms with Gasteiger partial charge in [0.15, 0.2) is 0 Å². The molecule has 13 heteroatoms. The molecule has 2 aromatic rings. The number of carbonyl (C=O) groups is 3. The van der Waals surface area contributed by atoms with E-state index in [4.69, 9.17) is 33.3 Å². The molecule has 10 nitrogen and oxygen atoms in total. The molecule has 5 rings (SSSR count). The minimum absolute atomic E-state index is 0.00996. The molecule has 0 aromatic heterocycles. The molecule has 1 aliphatic carbocycles. The fourth-order valence-corrected chi connectivity index (χ4v) is 8.58. The molecule has 1 spiro atoms. The summed E-state index contributed by atoms with van der Waals surface area (Å²) in [6.07, 6.45) is 3.21. The van der Waals surface area contributed by atoms with Gasteiger partial charge in [0.05, 0.1) is 17.7 Å². The smallest absolute Gasteiger partial charge is 0.305 e. The minimum atomic E-state index is -3.39. The summed E-state index contributed by atoms with van der Waals surface area (Å²) in [4.78, 5) is 45.0. The maximum Gasteiger partial charge on any atom is 0.305 e. The molecule has 2 N–H and O–H groups in total. The van der Waals surface area contributed by atoms with Crippen LogP contribution in [0, 0.1) is 5.41 Å².